The number of H-pyrrole nitrogens is 1. The number of aryl methyl sites for hydroxylation is 3. The highest BCUT2D eigenvalue weighted by Gasteiger charge is 1.99. The molecule has 3 nitrogen and oxygen atoms in total. The van der Waals surface area contributed by atoms with Crippen LogP contribution in [0.25, 0.3) is 0 Å². The molecule has 0 fully saturated rings. The Hall–Kier alpha value is -0.940. The standard InChI is InChI=1S/C9H11N3S2/c1-7-11-8(6-14-7)2-4-12-5-3-10-9(12)13/h3,5-6H,2,4H2,1H3,(H,10,13). The Kier molecular flexibility index (Phi) is 2.79. The van der Waals surface area contributed by atoms with Crippen molar-refractivity contribution in [2.75, 3.05) is 0 Å². The summed E-state index contributed by atoms with van der Waals surface area (Å²) in [6.07, 6.45) is 4.76. The summed E-state index contributed by atoms with van der Waals surface area (Å²) in [4.78, 5) is 7.37. The average Bonchev–Trinajstić information content (AvgIpc) is 2.72. The van der Waals surface area contributed by atoms with E-state index in [1.54, 1.807) is 11.3 Å². The van der Waals surface area contributed by atoms with Crippen LogP contribution in [0.1, 0.15) is 10.7 Å². The maximum absolute atomic E-state index is 5.10. The lowest BCUT2D eigenvalue weighted by molar-refractivity contribution is 0.678. The quantitative estimate of drug-likeness (QED) is 0.814. The van der Waals surface area contributed by atoms with Gasteiger partial charge in [-0.2, -0.15) is 0 Å². The zero-order valence-electron chi connectivity index (χ0n) is 7.86. The Morgan fingerprint density at radius 3 is 3.07 bits per heavy atom. The molecule has 5 heteroatoms. The van der Waals surface area contributed by atoms with Crippen LogP contribution in [0.15, 0.2) is 17.8 Å². The molecule has 0 aliphatic heterocycles. The third-order valence-corrected chi connectivity index (χ3v) is 3.17. The molecule has 14 heavy (non-hydrogen) atoms. The highest BCUT2D eigenvalue weighted by atomic mass is 32.1. The molecule has 0 radical (unpaired) electrons. The molecule has 0 unspecified atom stereocenters. The minimum absolute atomic E-state index is 0.775. The Labute approximate surface area is 91.4 Å². The van der Waals surface area contributed by atoms with Crippen LogP contribution in [0.4, 0.5) is 0 Å². The summed E-state index contributed by atoms with van der Waals surface area (Å²) >= 11 is 6.79. The number of nitrogens with one attached hydrogen (secondary N) is 1. The van der Waals surface area contributed by atoms with Crippen molar-refractivity contribution in [1.82, 2.24) is 14.5 Å². The van der Waals surface area contributed by atoms with Gasteiger partial charge in [0.25, 0.3) is 0 Å². The van der Waals surface area contributed by atoms with Gasteiger partial charge in [-0.15, -0.1) is 11.3 Å². The van der Waals surface area contributed by atoms with Crippen LogP contribution in [0.2, 0.25) is 0 Å². The van der Waals surface area contributed by atoms with Crippen LogP contribution in [-0.4, -0.2) is 14.5 Å². The van der Waals surface area contributed by atoms with Crippen molar-refractivity contribution >= 4 is 23.6 Å². The third kappa shape index (κ3) is 2.10. The second-order valence-electron chi connectivity index (χ2n) is 3.07. The predicted molar refractivity (Wildman–Crippen MR) is 60.2 cm³/mol. The molecule has 2 heterocycles. The fourth-order valence-electron chi connectivity index (χ4n) is 1.28. The van der Waals surface area contributed by atoms with Gasteiger partial charge in [-0.25, -0.2) is 4.98 Å². The van der Waals surface area contributed by atoms with E-state index in [2.05, 4.69) is 15.3 Å². The van der Waals surface area contributed by atoms with Crippen LogP contribution in [0, 0.1) is 11.7 Å². The zero-order valence-corrected chi connectivity index (χ0v) is 9.49. The molecule has 2 aromatic rings. The topological polar surface area (TPSA) is 33.6 Å². The fraction of sp³-hybridized carbons (Fsp3) is 0.333. The summed E-state index contributed by atoms with van der Waals surface area (Å²) in [6.45, 7) is 2.92. The molecule has 2 rings (SSSR count). The van der Waals surface area contributed by atoms with Crippen molar-refractivity contribution in [3.63, 3.8) is 0 Å². The lowest BCUT2D eigenvalue weighted by Gasteiger charge is -1.98. The molecular formula is C9H11N3S2. The van der Waals surface area contributed by atoms with E-state index < -0.39 is 0 Å². The number of rotatable bonds is 3. The lowest BCUT2D eigenvalue weighted by atomic mass is 10.3. The second kappa shape index (κ2) is 4.06. The van der Waals surface area contributed by atoms with Crippen LogP contribution < -0.4 is 0 Å². The highest BCUT2D eigenvalue weighted by Crippen LogP contribution is 2.09. The Morgan fingerprint density at radius 1 is 1.64 bits per heavy atom. The number of imidazole rings is 1. The van der Waals surface area contributed by atoms with Crippen LogP contribution in [0.5, 0.6) is 0 Å². The van der Waals surface area contributed by atoms with E-state index in [-0.39, 0.29) is 0 Å². The number of thiazole rings is 1. The normalized spacial score (nSPS) is 10.6. The highest BCUT2D eigenvalue weighted by molar-refractivity contribution is 7.71. The molecule has 0 aromatic carbocycles. The predicted octanol–water partition coefficient (Wildman–Crippen LogP) is 2.55. The Balaban J connectivity index is 2.01. The monoisotopic (exact) mass is 225 g/mol. The van der Waals surface area contributed by atoms with E-state index in [9.17, 15) is 0 Å². The van der Waals surface area contributed by atoms with Crippen LogP contribution in [-0.2, 0) is 13.0 Å². The van der Waals surface area contributed by atoms with Gasteiger partial charge in [0, 0.05) is 30.7 Å². The molecule has 0 atom stereocenters. The first kappa shape index (κ1) is 9.61. The van der Waals surface area contributed by atoms with Crippen molar-refractivity contribution < 1.29 is 0 Å². The molecule has 0 spiro atoms. The summed E-state index contributed by atoms with van der Waals surface area (Å²) < 4.78 is 2.79. The lowest BCUT2D eigenvalue weighted by Crippen LogP contribution is -2.00. The molecule has 0 saturated carbocycles. The minimum atomic E-state index is 0.775. The maximum atomic E-state index is 5.10. The molecule has 0 bridgehead atoms. The Morgan fingerprint density at radius 2 is 2.50 bits per heavy atom. The molecule has 0 aliphatic rings. The van der Waals surface area contributed by atoms with E-state index in [4.69, 9.17) is 12.2 Å². The number of aromatic amines is 1. The number of aromatic nitrogens is 3. The van der Waals surface area contributed by atoms with Gasteiger partial charge in [0.2, 0.25) is 0 Å². The molecule has 74 valence electrons. The molecule has 0 aliphatic carbocycles. The summed E-state index contributed by atoms with van der Waals surface area (Å²) in [5.41, 5.74) is 1.15. The fourth-order valence-corrected chi connectivity index (χ4v) is 2.15. The largest absolute Gasteiger partial charge is 0.337 e. The maximum Gasteiger partial charge on any atom is 0.177 e. The summed E-state index contributed by atoms with van der Waals surface area (Å²) in [6, 6.07) is 0. The van der Waals surface area contributed by atoms with E-state index in [1.807, 2.05) is 23.9 Å². The first-order valence-electron chi connectivity index (χ1n) is 4.40. The van der Waals surface area contributed by atoms with Gasteiger partial charge < -0.3 is 9.55 Å². The van der Waals surface area contributed by atoms with Crippen molar-refractivity contribution in [3.8, 4) is 0 Å². The van der Waals surface area contributed by atoms with Crippen LogP contribution in [0.3, 0.4) is 0 Å². The first-order chi connectivity index (χ1) is 6.75. The van der Waals surface area contributed by atoms with E-state index >= 15 is 0 Å². The van der Waals surface area contributed by atoms with E-state index in [0.717, 1.165) is 28.4 Å². The number of nitrogens with zero attached hydrogens (tertiary/aromatic N) is 2. The average molecular weight is 225 g/mol. The molecule has 1 N–H and O–H groups in total. The number of hydrogen-bond acceptors (Lipinski definition) is 3. The van der Waals surface area contributed by atoms with Gasteiger partial charge in [0.1, 0.15) is 0 Å². The zero-order chi connectivity index (χ0) is 9.97. The van der Waals surface area contributed by atoms with E-state index in [1.165, 1.54) is 0 Å². The smallest absolute Gasteiger partial charge is 0.177 e. The van der Waals surface area contributed by atoms with Crippen molar-refractivity contribution in [2.24, 2.45) is 0 Å². The summed E-state index contributed by atoms with van der Waals surface area (Å²) in [5, 5.41) is 3.23. The van der Waals surface area contributed by atoms with Crippen molar-refractivity contribution in [2.45, 2.75) is 19.9 Å². The van der Waals surface area contributed by atoms with Gasteiger partial charge in [-0.05, 0) is 19.1 Å². The van der Waals surface area contributed by atoms with Gasteiger partial charge in [0.05, 0.1) is 10.7 Å². The summed E-state index contributed by atoms with van der Waals surface area (Å²) in [5.74, 6) is 0. The minimum Gasteiger partial charge on any atom is -0.337 e. The van der Waals surface area contributed by atoms with Gasteiger partial charge in [0.15, 0.2) is 4.77 Å². The van der Waals surface area contributed by atoms with Crippen LogP contribution >= 0.6 is 23.6 Å². The van der Waals surface area contributed by atoms with Crippen molar-refractivity contribution in [3.05, 3.63) is 33.2 Å². The van der Waals surface area contributed by atoms with E-state index in [0.29, 0.717) is 0 Å². The summed E-state index contributed by atoms with van der Waals surface area (Å²) in [7, 11) is 0. The second-order valence-corrected chi connectivity index (χ2v) is 4.52. The number of hydrogen-bond donors (Lipinski definition) is 1. The molecule has 0 amide bonds. The molecule has 2 aromatic heterocycles. The SMILES string of the molecule is Cc1nc(CCn2cc[nH]c2=S)cs1. The van der Waals surface area contributed by atoms with Gasteiger partial charge >= 0.3 is 0 Å². The third-order valence-electron chi connectivity index (χ3n) is 2.00. The van der Waals surface area contributed by atoms with Gasteiger partial charge in [-0.1, -0.05) is 0 Å². The Bertz CT molecular complexity index is 466. The van der Waals surface area contributed by atoms with Crippen molar-refractivity contribution in [1.29, 1.82) is 0 Å². The van der Waals surface area contributed by atoms with Gasteiger partial charge in [-0.3, -0.25) is 0 Å². The first-order valence-corrected chi connectivity index (χ1v) is 5.69. The molecular weight excluding hydrogens is 214 g/mol. The molecule has 0 saturated heterocycles.